The highest BCUT2D eigenvalue weighted by Gasteiger charge is 2.22. The first-order valence-corrected chi connectivity index (χ1v) is 9.05. The lowest BCUT2D eigenvalue weighted by atomic mass is 10.2. The van der Waals surface area contributed by atoms with Gasteiger partial charge in [-0.1, -0.05) is 13.8 Å². The molecular weight excluding hydrogens is 274 g/mol. The van der Waals surface area contributed by atoms with Crippen LogP contribution < -0.4 is 10.2 Å². The number of nitrogens with zero attached hydrogens (tertiary/aromatic N) is 2. The number of thiazole rings is 1. The Morgan fingerprint density at radius 1 is 1.53 bits per heavy atom. The minimum atomic E-state index is 0.419. The molecule has 0 aromatic carbocycles. The van der Waals surface area contributed by atoms with Gasteiger partial charge >= 0.3 is 0 Å². The van der Waals surface area contributed by atoms with Crippen LogP contribution in [0.5, 0.6) is 0 Å². The Morgan fingerprint density at radius 3 is 3.00 bits per heavy atom. The maximum absolute atomic E-state index is 4.79. The predicted octanol–water partition coefficient (Wildman–Crippen LogP) is 3.45. The van der Waals surface area contributed by atoms with Crippen molar-refractivity contribution < 1.29 is 0 Å². The highest BCUT2D eigenvalue weighted by molar-refractivity contribution is 8.00. The summed E-state index contributed by atoms with van der Waals surface area (Å²) in [5, 5.41) is 5.49. The van der Waals surface area contributed by atoms with Crippen LogP contribution >= 0.6 is 23.1 Å². The Labute approximate surface area is 125 Å². The van der Waals surface area contributed by atoms with Gasteiger partial charge in [-0.25, -0.2) is 4.98 Å². The molecule has 0 saturated carbocycles. The number of hydrogen-bond donors (Lipinski definition) is 1. The van der Waals surface area contributed by atoms with Crippen LogP contribution in [0.15, 0.2) is 0 Å². The zero-order chi connectivity index (χ0) is 13.8. The standard InChI is InChI=1S/C14H25N3S2/c1-5-6-15-11(3)13-12(4)16-14(19-13)17-7-8-18-10(2)9-17/h10-11,15H,5-9H2,1-4H3. The Bertz CT molecular complexity index is 405. The van der Waals surface area contributed by atoms with Crippen molar-refractivity contribution in [2.24, 2.45) is 0 Å². The van der Waals surface area contributed by atoms with Crippen LogP contribution in [0.3, 0.4) is 0 Å². The molecule has 2 heterocycles. The number of anilines is 1. The molecule has 108 valence electrons. The van der Waals surface area contributed by atoms with Gasteiger partial charge in [-0.05, 0) is 26.8 Å². The maximum atomic E-state index is 4.79. The summed E-state index contributed by atoms with van der Waals surface area (Å²) in [7, 11) is 0. The van der Waals surface area contributed by atoms with Crippen molar-refractivity contribution in [2.75, 3.05) is 30.3 Å². The third kappa shape index (κ3) is 3.86. The molecule has 2 rings (SSSR count). The van der Waals surface area contributed by atoms with E-state index in [4.69, 9.17) is 4.98 Å². The molecule has 2 atom stereocenters. The van der Waals surface area contributed by atoms with E-state index in [1.165, 1.54) is 27.9 Å². The molecule has 1 aliphatic rings. The summed E-state index contributed by atoms with van der Waals surface area (Å²) in [5.74, 6) is 1.22. The molecule has 1 aliphatic heterocycles. The summed E-state index contributed by atoms with van der Waals surface area (Å²) in [6, 6.07) is 0.419. The van der Waals surface area contributed by atoms with E-state index in [1.54, 1.807) is 0 Å². The van der Waals surface area contributed by atoms with E-state index in [9.17, 15) is 0 Å². The molecule has 0 amide bonds. The zero-order valence-electron chi connectivity index (χ0n) is 12.4. The minimum absolute atomic E-state index is 0.419. The quantitative estimate of drug-likeness (QED) is 0.901. The van der Waals surface area contributed by atoms with E-state index in [0.717, 1.165) is 24.9 Å². The van der Waals surface area contributed by atoms with E-state index in [-0.39, 0.29) is 0 Å². The Balaban J connectivity index is 2.07. The van der Waals surface area contributed by atoms with Crippen molar-refractivity contribution >= 4 is 28.2 Å². The molecule has 1 saturated heterocycles. The average molecular weight is 300 g/mol. The Morgan fingerprint density at radius 2 is 2.32 bits per heavy atom. The largest absolute Gasteiger partial charge is 0.346 e. The number of rotatable bonds is 5. The summed E-state index contributed by atoms with van der Waals surface area (Å²) in [4.78, 5) is 8.64. The molecule has 0 radical (unpaired) electrons. The third-order valence-electron chi connectivity index (χ3n) is 3.43. The van der Waals surface area contributed by atoms with E-state index in [1.807, 2.05) is 11.3 Å². The van der Waals surface area contributed by atoms with Crippen molar-refractivity contribution in [2.45, 2.75) is 45.4 Å². The van der Waals surface area contributed by atoms with Crippen LogP contribution in [-0.2, 0) is 0 Å². The topological polar surface area (TPSA) is 28.2 Å². The predicted molar refractivity (Wildman–Crippen MR) is 87.7 cm³/mol. The maximum Gasteiger partial charge on any atom is 0.185 e. The number of aryl methyl sites for hydroxylation is 1. The lowest BCUT2D eigenvalue weighted by Gasteiger charge is -2.30. The normalized spacial score (nSPS) is 21.7. The molecule has 3 nitrogen and oxygen atoms in total. The van der Waals surface area contributed by atoms with Crippen molar-refractivity contribution in [3.63, 3.8) is 0 Å². The van der Waals surface area contributed by atoms with Crippen molar-refractivity contribution in [1.82, 2.24) is 10.3 Å². The molecule has 19 heavy (non-hydrogen) atoms. The number of thioether (sulfide) groups is 1. The lowest BCUT2D eigenvalue weighted by molar-refractivity contribution is 0.575. The molecular formula is C14H25N3S2. The third-order valence-corrected chi connectivity index (χ3v) is 5.96. The van der Waals surface area contributed by atoms with Crippen LogP contribution in [0.4, 0.5) is 5.13 Å². The van der Waals surface area contributed by atoms with E-state index in [0.29, 0.717) is 6.04 Å². The molecule has 1 N–H and O–H groups in total. The SMILES string of the molecule is CCCNC(C)c1sc(N2CCSC(C)C2)nc1C. The number of nitrogens with one attached hydrogen (secondary N) is 1. The van der Waals surface area contributed by atoms with Gasteiger partial charge in [-0.3, -0.25) is 0 Å². The van der Waals surface area contributed by atoms with Crippen LogP contribution in [0.2, 0.25) is 0 Å². The second-order valence-electron chi connectivity index (χ2n) is 5.25. The summed E-state index contributed by atoms with van der Waals surface area (Å²) in [5.41, 5.74) is 1.20. The van der Waals surface area contributed by atoms with Gasteiger partial charge in [-0.2, -0.15) is 11.8 Å². The second kappa shape index (κ2) is 6.95. The van der Waals surface area contributed by atoms with Crippen molar-refractivity contribution in [1.29, 1.82) is 0 Å². The van der Waals surface area contributed by atoms with Crippen molar-refractivity contribution in [3.8, 4) is 0 Å². The molecule has 5 heteroatoms. The molecule has 1 aromatic heterocycles. The first kappa shape index (κ1) is 15.1. The van der Waals surface area contributed by atoms with Gasteiger partial charge in [0.25, 0.3) is 0 Å². The monoisotopic (exact) mass is 299 g/mol. The fraction of sp³-hybridized carbons (Fsp3) is 0.786. The second-order valence-corrected chi connectivity index (χ2v) is 7.80. The van der Waals surface area contributed by atoms with E-state index < -0.39 is 0 Å². The average Bonchev–Trinajstić information content (AvgIpc) is 2.78. The minimum Gasteiger partial charge on any atom is -0.346 e. The van der Waals surface area contributed by atoms with Gasteiger partial charge in [0.2, 0.25) is 0 Å². The van der Waals surface area contributed by atoms with Crippen LogP contribution in [0.1, 0.15) is 43.8 Å². The zero-order valence-corrected chi connectivity index (χ0v) is 14.0. The first-order chi connectivity index (χ1) is 9.11. The fourth-order valence-electron chi connectivity index (χ4n) is 2.38. The number of aromatic nitrogens is 1. The van der Waals surface area contributed by atoms with Gasteiger partial charge in [0.1, 0.15) is 0 Å². The van der Waals surface area contributed by atoms with Gasteiger partial charge in [0, 0.05) is 35.0 Å². The summed E-state index contributed by atoms with van der Waals surface area (Å²) < 4.78 is 0. The van der Waals surface area contributed by atoms with Gasteiger partial charge in [-0.15, -0.1) is 11.3 Å². The van der Waals surface area contributed by atoms with Crippen molar-refractivity contribution in [3.05, 3.63) is 10.6 Å². The van der Waals surface area contributed by atoms with Crippen LogP contribution in [-0.4, -0.2) is 35.6 Å². The molecule has 2 unspecified atom stereocenters. The molecule has 1 fully saturated rings. The smallest absolute Gasteiger partial charge is 0.185 e. The number of hydrogen-bond acceptors (Lipinski definition) is 5. The summed E-state index contributed by atoms with van der Waals surface area (Å²) >= 11 is 3.94. The molecule has 0 bridgehead atoms. The molecule has 0 aliphatic carbocycles. The van der Waals surface area contributed by atoms with E-state index in [2.05, 4.69) is 49.7 Å². The van der Waals surface area contributed by atoms with E-state index >= 15 is 0 Å². The van der Waals surface area contributed by atoms with Crippen LogP contribution in [0, 0.1) is 6.92 Å². The molecule has 0 spiro atoms. The van der Waals surface area contributed by atoms with Crippen LogP contribution in [0.25, 0.3) is 0 Å². The fourth-order valence-corrected chi connectivity index (χ4v) is 4.52. The lowest BCUT2D eigenvalue weighted by Crippen LogP contribution is -2.36. The van der Waals surface area contributed by atoms with Gasteiger partial charge < -0.3 is 10.2 Å². The Hall–Kier alpha value is -0.260. The summed E-state index contributed by atoms with van der Waals surface area (Å²) in [6.45, 7) is 12.2. The van der Waals surface area contributed by atoms with Gasteiger partial charge in [0.15, 0.2) is 5.13 Å². The van der Waals surface area contributed by atoms with Gasteiger partial charge in [0.05, 0.1) is 5.69 Å². The highest BCUT2D eigenvalue weighted by atomic mass is 32.2. The first-order valence-electron chi connectivity index (χ1n) is 7.19. The molecule has 1 aromatic rings. The highest BCUT2D eigenvalue weighted by Crippen LogP contribution is 2.32. The Kier molecular flexibility index (Phi) is 5.54. The summed E-state index contributed by atoms with van der Waals surface area (Å²) in [6.07, 6.45) is 1.18.